The summed E-state index contributed by atoms with van der Waals surface area (Å²) in [6, 6.07) is 17.8. The number of imidazole rings is 1. The number of ether oxygens (including phenoxy) is 1. The van der Waals surface area contributed by atoms with E-state index < -0.39 is 17.5 Å². The minimum absolute atomic E-state index is 0.0570. The summed E-state index contributed by atoms with van der Waals surface area (Å²) in [5.74, 6) is 0.753. The average Bonchev–Trinajstić information content (AvgIpc) is 3.62. The Bertz CT molecular complexity index is 1530. The highest BCUT2D eigenvalue weighted by atomic mass is 19.4. The van der Waals surface area contributed by atoms with E-state index in [1.54, 1.807) is 20.1 Å². The van der Waals surface area contributed by atoms with Crippen LogP contribution < -0.4 is 10.1 Å². The maximum absolute atomic E-state index is 13.6. The number of carbonyl (C=O) groups excluding carboxylic acids is 1. The number of aromatic amines is 1. The minimum atomic E-state index is -4.32. The number of H-pyrrole nitrogens is 1. The third-order valence-electron chi connectivity index (χ3n) is 7.38. The Morgan fingerprint density at radius 2 is 1.74 bits per heavy atom. The largest absolute Gasteiger partial charge is 0.496 e. The first-order valence-corrected chi connectivity index (χ1v) is 12.3. The second kappa shape index (κ2) is 9.35. The molecule has 3 aromatic carbocycles. The van der Waals surface area contributed by atoms with Gasteiger partial charge in [0.2, 0.25) is 0 Å². The molecule has 1 fully saturated rings. The summed E-state index contributed by atoms with van der Waals surface area (Å²) in [7, 11) is 1.63. The van der Waals surface area contributed by atoms with Crippen molar-refractivity contribution in [3.8, 4) is 28.3 Å². The fourth-order valence-electron chi connectivity index (χ4n) is 5.06. The Hall–Kier alpha value is -4.07. The SMILES string of the molecule is COc1ccc(-c2nc(C(=O)Nc3cccc(C4(C(F)(F)F)CC4)c3)c(C)[nH]2)c(C)c1-c1ccccc1C. The molecular weight excluding hydrogens is 491 g/mol. The van der Waals surface area contributed by atoms with Crippen LogP contribution in [0.2, 0.25) is 0 Å². The summed E-state index contributed by atoms with van der Waals surface area (Å²) in [5.41, 5.74) is 4.21. The van der Waals surface area contributed by atoms with Gasteiger partial charge in [-0.3, -0.25) is 4.79 Å². The normalized spacial score (nSPS) is 14.3. The van der Waals surface area contributed by atoms with Gasteiger partial charge in [-0.1, -0.05) is 36.4 Å². The third kappa shape index (κ3) is 4.34. The number of benzene rings is 3. The van der Waals surface area contributed by atoms with E-state index >= 15 is 0 Å². The molecule has 0 bridgehead atoms. The summed E-state index contributed by atoms with van der Waals surface area (Å²) in [6.07, 6.45) is -4.21. The fourth-order valence-corrected chi connectivity index (χ4v) is 5.06. The number of methoxy groups -OCH3 is 1. The monoisotopic (exact) mass is 519 g/mol. The number of nitrogens with one attached hydrogen (secondary N) is 2. The second-order valence-corrected chi connectivity index (χ2v) is 9.80. The van der Waals surface area contributed by atoms with Crippen LogP contribution in [0.3, 0.4) is 0 Å². The highest BCUT2D eigenvalue weighted by molar-refractivity contribution is 6.04. The first kappa shape index (κ1) is 25.6. The van der Waals surface area contributed by atoms with Crippen LogP contribution in [0.4, 0.5) is 18.9 Å². The molecule has 4 aromatic rings. The lowest BCUT2D eigenvalue weighted by Gasteiger charge is -2.20. The van der Waals surface area contributed by atoms with Crippen LogP contribution in [0, 0.1) is 20.8 Å². The van der Waals surface area contributed by atoms with Crippen molar-refractivity contribution in [1.82, 2.24) is 9.97 Å². The molecule has 0 spiro atoms. The van der Waals surface area contributed by atoms with E-state index in [0.717, 1.165) is 33.6 Å². The van der Waals surface area contributed by atoms with Crippen molar-refractivity contribution in [1.29, 1.82) is 0 Å². The molecule has 1 aromatic heterocycles. The molecule has 2 N–H and O–H groups in total. The summed E-state index contributed by atoms with van der Waals surface area (Å²) >= 11 is 0. The molecule has 0 atom stereocenters. The lowest BCUT2D eigenvalue weighted by molar-refractivity contribution is -0.160. The van der Waals surface area contributed by atoms with Gasteiger partial charge in [-0.15, -0.1) is 0 Å². The lowest BCUT2D eigenvalue weighted by atomic mass is 9.92. The molecule has 0 saturated heterocycles. The smallest absolute Gasteiger partial charge is 0.398 e. The zero-order valence-electron chi connectivity index (χ0n) is 21.6. The summed E-state index contributed by atoms with van der Waals surface area (Å²) in [5, 5.41) is 2.72. The average molecular weight is 520 g/mol. The van der Waals surface area contributed by atoms with Crippen LogP contribution in [-0.2, 0) is 5.41 Å². The van der Waals surface area contributed by atoms with Gasteiger partial charge >= 0.3 is 6.18 Å². The molecular formula is C30H28F3N3O2. The molecule has 38 heavy (non-hydrogen) atoms. The van der Waals surface area contributed by atoms with Gasteiger partial charge in [0.05, 0.1) is 12.5 Å². The standard InChI is InChI=1S/C30H28F3N3O2/c1-17-8-5-6-11-22(17)25-18(2)23(12-13-24(25)38-4)27-34-19(3)26(36-27)28(37)35-21-10-7-9-20(16-21)29(14-15-29)30(31,32)33/h5-13,16H,14-15H2,1-4H3,(H,34,36)(H,35,37). The van der Waals surface area contributed by atoms with Gasteiger partial charge < -0.3 is 15.0 Å². The molecule has 0 aliphatic heterocycles. The number of halogens is 3. The zero-order valence-corrected chi connectivity index (χ0v) is 21.6. The summed E-state index contributed by atoms with van der Waals surface area (Å²) in [6.45, 7) is 5.76. The van der Waals surface area contributed by atoms with Gasteiger partial charge in [-0.25, -0.2) is 4.98 Å². The Balaban J connectivity index is 1.46. The predicted molar refractivity (Wildman–Crippen MR) is 142 cm³/mol. The van der Waals surface area contributed by atoms with Gasteiger partial charge in [0.1, 0.15) is 17.3 Å². The number of rotatable bonds is 6. The topological polar surface area (TPSA) is 67.0 Å². The van der Waals surface area contributed by atoms with Gasteiger partial charge in [-0.05, 0) is 80.1 Å². The molecule has 0 unspecified atom stereocenters. The van der Waals surface area contributed by atoms with Crippen molar-refractivity contribution >= 4 is 11.6 Å². The van der Waals surface area contributed by atoms with Crippen LogP contribution in [0.5, 0.6) is 5.75 Å². The molecule has 196 valence electrons. The van der Waals surface area contributed by atoms with Crippen molar-refractivity contribution in [3.63, 3.8) is 0 Å². The fraction of sp³-hybridized carbons (Fsp3) is 0.267. The van der Waals surface area contributed by atoms with Crippen molar-refractivity contribution in [2.75, 3.05) is 12.4 Å². The number of aryl methyl sites for hydroxylation is 2. The van der Waals surface area contributed by atoms with Crippen LogP contribution in [-0.4, -0.2) is 29.2 Å². The van der Waals surface area contributed by atoms with Gasteiger partial charge in [0.15, 0.2) is 0 Å². The number of hydrogen-bond acceptors (Lipinski definition) is 3. The number of anilines is 1. The van der Waals surface area contributed by atoms with Gasteiger partial charge in [0.25, 0.3) is 5.91 Å². The van der Waals surface area contributed by atoms with Crippen LogP contribution in [0.15, 0.2) is 60.7 Å². The van der Waals surface area contributed by atoms with Crippen molar-refractivity contribution in [2.24, 2.45) is 0 Å². The predicted octanol–water partition coefficient (Wildman–Crippen LogP) is 7.52. The van der Waals surface area contributed by atoms with E-state index in [2.05, 4.69) is 15.3 Å². The molecule has 0 radical (unpaired) electrons. The van der Waals surface area contributed by atoms with Gasteiger partial charge in [0, 0.05) is 22.5 Å². The highest BCUT2D eigenvalue weighted by Crippen LogP contribution is 2.59. The lowest BCUT2D eigenvalue weighted by Crippen LogP contribution is -2.28. The Morgan fingerprint density at radius 3 is 2.39 bits per heavy atom. The number of carbonyl (C=O) groups is 1. The van der Waals surface area contributed by atoms with E-state index in [-0.39, 0.29) is 24.1 Å². The first-order chi connectivity index (χ1) is 18.1. The minimum Gasteiger partial charge on any atom is -0.496 e. The van der Waals surface area contributed by atoms with E-state index in [0.29, 0.717) is 17.2 Å². The van der Waals surface area contributed by atoms with E-state index in [9.17, 15) is 18.0 Å². The Morgan fingerprint density at radius 1 is 1.00 bits per heavy atom. The Kier molecular flexibility index (Phi) is 6.29. The molecule has 1 aliphatic carbocycles. The van der Waals surface area contributed by atoms with Crippen molar-refractivity contribution in [3.05, 3.63) is 88.7 Å². The van der Waals surface area contributed by atoms with Crippen molar-refractivity contribution in [2.45, 2.75) is 45.2 Å². The third-order valence-corrected chi connectivity index (χ3v) is 7.38. The molecule has 8 heteroatoms. The number of aromatic nitrogens is 2. The quantitative estimate of drug-likeness (QED) is 0.277. The summed E-state index contributed by atoms with van der Waals surface area (Å²) in [4.78, 5) is 20.9. The second-order valence-electron chi connectivity index (χ2n) is 9.80. The Labute approximate surface area is 219 Å². The number of amides is 1. The molecule has 1 saturated carbocycles. The molecule has 1 aliphatic rings. The van der Waals surface area contributed by atoms with E-state index in [4.69, 9.17) is 4.74 Å². The van der Waals surface area contributed by atoms with Gasteiger partial charge in [-0.2, -0.15) is 13.2 Å². The number of hydrogen-bond donors (Lipinski definition) is 2. The van der Waals surface area contributed by atoms with Crippen LogP contribution in [0.1, 0.15) is 45.7 Å². The maximum atomic E-state index is 13.6. The van der Waals surface area contributed by atoms with Crippen LogP contribution in [0.25, 0.3) is 22.5 Å². The molecule has 5 rings (SSSR count). The molecule has 1 heterocycles. The number of nitrogens with zero attached hydrogens (tertiary/aromatic N) is 1. The van der Waals surface area contributed by atoms with Crippen LogP contribution >= 0.6 is 0 Å². The van der Waals surface area contributed by atoms with E-state index in [1.807, 2.05) is 50.2 Å². The zero-order chi connectivity index (χ0) is 27.2. The number of alkyl halides is 3. The highest BCUT2D eigenvalue weighted by Gasteiger charge is 2.64. The molecule has 1 amide bonds. The molecule has 5 nitrogen and oxygen atoms in total. The summed E-state index contributed by atoms with van der Waals surface area (Å²) < 4.78 is 46.4. The van der Waals surface area contributed by atoms with Crippen molar-refractivity contribution < 1.29 is 22.7 Å². The van der Waals surface area contributed by atoms with E-state index in [1.165, 1.54) is 18.2 Å². The maximum Gasteiger partial charge on any atom is 0.398 e. The first-order valence-electron chi connectivity index (χ1n) is 12.3.